The van der Waals surface area contributed by atoms with E-state index < -0.39 is 0 Å². The molecule has 1 atom stereocenters. The van der Waals surface area contributed by atoms with Gasteiger partial charge in [0.05, 0.1) is 0 Å². The molecule has 21 heavy (non-hydrogen) atoms. The van der Waals surface area contributed by atoms with Crippen LogP contribution in [0.4, 0.5) is 5.69 Å². The Balaban J connectivity index is 0.00000400. The number of hydrogen-bond donors (Lipinski definition) is 2. The number of benzene rings is 1. The van der Waals surface area contributed by atoms with E-state index in [0.29, 0.717) is 12.3 Å². The number of rotatable bonds is 6. The molecule has 0 heterocycles. The fourth-order valence-corrected chi connectivity index (χ4v) is 1.84. The minimum atomic E-state index is 0. The summed E-state index contributed by atoms with van der Waals surface area (Å²) < 4.78 is 0. The van der Waals surface area contributed by atoms with Crippen molar-refractivity contribution in [3.8, 4) is 0 Å². The summed E-state index contributed by atoms with van der Waals surface area (Å²) in [5, 5.41) is 6.34. The normalized spacial score (nSPS) is 12.4. The summed E-state index contributed by atoms with van der Waals surface area (Å²) in [5.41, 5.74) is 2.20. The molecule has 0 aliphatic rings. The Hall–Kier alpha value is -1.06. The zero-order valence-corrected chi connectivity index (χ0v) is 14.6. The molecule has 1 aromatic rings. The number of carbonyl (C=O) groups excluding carboxylic acids is 1. The first-order chi connectivity index (χ1) is 9.34. The van der Waals surface area contributed by atoms with Crippen LogP contribution in [0.15, 0.2) is 24.3 Å². The van der Waals surface area contributed by atoms with E-state index in [0.717, 1.165) is 24.3 Å². The van der Waals surface area contributed by atoms with Crippen molar-refractivity contribution in [2.45, 2.75) is 47.6 Å². The average Bonchev–Trinajstić information content (AvgIpc) is 2.36. The van der Waals surface area contributed by atoms with Gasteiger partial charge in [0.15, 0.2) is 0 Å². The van der Waals surface area contributed by atoms with Crippen molar-refractivity contribution in [3.05, 3.63) is 29.8 Å². The van der Waals surface area contributed by atoms with E-state index in [4.69, 9.17) is 0 Å². The highest BCUT2D eigenvalue weighted by atomic mass is 35.5. The molecule has 1 amide bonds. The van der Waals surface area contributed by atoms with Crippen molar-refractivity contribution in [2.75, 3.05) is 11.9 Å². The molecule has 0 saturated heterocycles. The molecule has 1 aromatic carbocycles. The van der Waals surface area contributed by atoms with E-state index in [9.17, 15) is 4.79 Å². The topological polar surface area (TPSA) is 41.1 Å². The molecule has 0 aromatic heterocycles. The average molecular weight is 313 g/mol. The highest BCUT2D eigenvalue weighted by Gasteiger charge is 2.22. The van der Waals surface area contributed by atoms with Crippen molar-refractivity contribution >= 4 is 24.0 Å². The zero-order chi connectivity index (χ0) is 15.2. The largest absolute Gasteiger partial charge is 0.326 e. The summed E-state index contributed by atoms with van der Waals surface area (Å²) in [7, 11) is 0. The molecule has 0 spiro atoms. The molecule has 2 N–H and O–H groups in total. The van der Waals surface area contributed by atoms with Crippen molar-refractivity contribution in [2.24, 2.45) is 11.3 Å². The molecule has 0 aliphatic heterocycles. The predicted molar refractivity (Wildman–Crippen MR) is 92.9 cm³/mol. The summed E-state index contributed by atoms with van der Waals surface area (Å²) in [4.78, 5) is 12.2. The molecule has 3 nitrogen and oxygen atoms in total. The molecule has 0 saturated carbocycles. The van der Waals surface area contributed by atoms with Crippen molar-refractivity contribution in [1.29, 1.82) is 0 Å². The lowest BCUT2D eigenvalue weighted by molar-refractivity contribution is -0.117. The van der Waals surface area contributed by atoms with Gasteiger partial charge in [0, 0.05) is 18.7 Å². The fraction of sp³-hybridized carbons (Fsp3) is 0.588. The van der Waals surface area contributed by atoms with E-state index in [-0.39, 0.29) is 23.7 Å². The van der Waals surface area contributed by atoms with Gasteiger partial charge in [-0.05, 0) is 29.5 Å². The van der Waals surface area contributed by atoms with Gasteiger partial charge < -0.3 is 10.6 Å². The van der Waals surface area contributed by atoms with Crippen LogP contribution in [0.1, 0.15) is 46.6 Å². The van der Waals surface area contributed by atoms with Crippen molar-refractivity contribution < 1.29 is 4.79 Å². The lowest BCUT2D eigenvalue weighted by Crippen LogP contribution is -2.24. The third kappa shape index (κ3) is 6.96. The highest BCUT2D eigenvalue weighted by molar-refractivity contribution is 5.91. The van der Waals surface area contributed by atoms with Gasteiger partial charge in [0.1, 0.15) is 0 Å². The Morgan fingerprint density at radius 1 is 1.24 bits per heavy atom. The first-order valence-electron chi connectivity index (χ1n) is 7.43. The number of amides is 1. The van der Waals surface area contributed by atoms with Crippen molar-refractivity contribution in [3.63, 3.8) is 0 Å². The summed E-state index contributed by atoms with van der Waals surface area (Å²) >= 11 is 0. The number of nitrogens with one attached hydrogen (secondary N) is 2. The monoisotopic (exact) mass is 312 g/mol. The maximum atomic E-state index is 12.2. The third-order valence-corrected chi connectivity index (χ3v) is 3.83. The Kier molecular flexibility index (Phi) is 8.60. The number of halogens is 1. The van der Waals surface area contributed by atoms with Gasteiger partial charge in [-0.3, -0.25) is 4.79 Å². The quantitative estimate of drug-likeness (QED) is 0.825. The first-order valence-corrected chi connectivity index (χ1v) is 7.43. The Morgan fingerprint density at radius 2 is 1.86 bits per heavy atom. The van der Waals surface area contributed by atoms with Gasteiger partial charge >= 0.3 is 0 Å². The van der Waals surface area contributed by atoms with Crippen LogP contribution < -0.4 is 10.6 Å². The highest BCUT2D eigenvalue weighted by Crippen LogP contribution is 2.28. The van der Waals surface area contributed by atoms with Gasteiger partial charge in [-0.15, -0.1) is 12.4 Å². The second kappa shape index (κ2) is 9.06. The number of para-hydroxylation sites is 1. The van der Waals surface area contributed by atoms with E-state index in [1.54, 1.807) is 0 Å². The molecule has 0 aliphatic carbocycles. The minimum Gasteiger partial charge on any atom is -0.326 e. The van der Waals surface area contributed by atoms with Gasteiger partial charge in [-0.25, -0.2) is 0 Å². The van der Waals surface area contributed by atoms with E-state index in [1.165, 1.54) is 0 Å². The Bertz CT molecular complexity index is 441. The van der Waals surface area contributed by atoms with Crippen LogP contribution in [0.5, 0.6) is 0 Å². The molecule has 4 heteroatoms. The third-order valence-electron chi connectivity index (χ3n) is 3.83. The van der Waals surface area contributed by atoms with Crippen LogP contribution in [-0.2, 0) is 11.3 Å². The molecule has 0 radical (unpaired) electrons. The lowest BCUT2D eigenvalue weighted by Gasteiger charge is -2.26. The van der Waals surface area contributed by atoms with E-state index >= 15 is 0 Å². The maximum absolute atomic E-state index is 12.2. The molecule has 1 unspecified atom stereocenters. The van der Waals surface area contributed by atoms with Crippen LogP contribution in [0, 0.1) is 11.3 Å². The fourth-order valence-electron chi connectivity index (χ4n) is 1.84. The summed E-state index contributed by atoms with van der Waals surface area (Å²) in [6.45, 7) is 12.4. The van der Waals surface area contributed by atoms with Gasteiger partial charge in [-0.2, -0.15) is 0 Å². The van der Waals surface area contributed by atoms with E-state index in [2.05, 4.69) is 45.3 Å². The van der Waals surface area contributed by atoms with Crippen LogP contribution >= 0.6 is 12.4 Å². The van der Waals surface area contributed by atoms with E-state index in [1.807, 2.05) is 24.3 Å². The van der Waals surface area contributed by atoms with Gasteiger partial charge in [0.25, 0.3) is 0 Å². The summed E-state index contributed by atoms with van der Waals surface area (Å²) in [5.74, 6) is 0.444. The summed E-state index contributed by atoms with van der Waals surface area (Å²) in [6.07, 6.45) is 0.555. The van der Waals surface area contributed by atoms with Gasteiger partial charge in [0.2, 0.25) is 5.91 Å². The predicted octanol–water partition coefficient (Wildman–Crippen LogP) is 4.23. The Morgan fingerprint density at radius 3 is 2.43 bits per heavy atom. The lowest BCUT2D eigenvalue weighted by atomic mass is 9.80. The molecule has 1 rings (SSSR count). The molecular formula is C17H29ClN2O. The number of carbonyl (C=O) groups is 1. The number of hydrogen-bond acceptors (Lipinski definition) is 2. The van der Waals surface area contributed by atoms with Crippen LogP contribution in [0.3, 0.4) is 0 Å². The molecule has 0 fully saturated rings. The van der Waals surface area contributed by atoms with Crippen LogP contribution in [0.25, 0.3) is 0 Å². The smallest absolute Gasteiger partial charge is 0.224 e. The SMILES string of the molecule is CCNCc1ccccc1NC(=O)CC(C)C(C)(C)C.Cl. The second-order valence-corrected chi connectivity index (χ2v) is 6.46. The Labute approximate surface area is 135 Å². The van der Waals surface area contributed by atoms with Crippen LogP contribution in [0.2, 0.25) is 0 Å². The minimum absolute atomic E-state index is 0. The van der Waals surface area contributed by atoms with Crippen molar-refractivity contribution in [1.82, 2.24) is 5.32 Å². The van der Waals surface area contributed by atoms with Crippen LogP contribution in [-0.4, -0.2) is 12.5 Å². The first kappa shape index (κ1) is 19.9. The molecule has 0 bridgehead atoms. The zero-order valence-electron chi connectivity index (χ0n) is 13.8. The standard InChI is InChI=1S/C17H28N2O.ClH/c1-6-18-12-14-9-7-8-10-15(14)19-16(20)11-13(2)17(3,4)5;/h7-10,13,18H,6,11-12H2,1-5H3,(H,19,20);1H. The molecular weight excluding hydrogens is 284 g/mol. The molecule has 120 valence electrons. The summed E-state index contributed by atoms with van der Waals surface area (Å²) in [6, 6.07) is 7.97. The maximum Gasteiger partial charge on any atom is 0.224 e. The number of anilines is 1. The second-order valence-electron chi connectivity index (χ2n) is 6.46. The van der Waals surface area contributed by atoms with Gasteiger partial charge in [-0.1, -0.05) is 52.8 Å².